The molecule has 0 saturated heterocycles. The van der Waals surface area contributed by atoms with Crippen LogP contribution < -0.4 is 5.32 Å². The predicted octanol–water partition coefficient (Wildman–Crippen LogP) is 2.91. The fraction of sp³-hybridized carbons (Fsp3) is 1.00. The molecule has 1 N–H and O–H groups in total. The van der Waals surface area contributed by atoms with E-state index in [9.17, 15) is 0 Å². The minimum atomic E-state index is 0.336. The summed E-state index contributed by atoms with van der Waals surface area (Å²) in [4.78, 5) is 0. The van der Waals surface area contributed by atoms with Gasteiger partial charge in [0.25, 0.3) is 0 Å². The van der Waals surface area contributed by atoms with Gasteiger partial charge in [0.15, 0.2) is 0 Å². The third-order valence-corrected chi connectivity index (χ3v) is 2.83. The van der Waals surface area contributed by atoms with Crippen LogP contribution in [-0.2, 0) is 0 Å². The molecule has 0 bridgehead atoms. The zero-order valence-corrected chi connectivity index (χ0v) is 9.76. The van der Waals surface area contributed by atoms with Crippen LogP contribution in [0, 0.1) is 0 Å². The molecule has 0 heterocycles. The molecule has 0 aliphatic carbocycles. The van der Waals surface area contributed by atoms with E-state index in [2.05, 4.69) is 33.0 Å². The van der Waals surface area contributed by atoms with Gasteiger partial charge in [0.05, 0.1) is 0 Å². The van der Waals surface area contributed by atoms with E-state index in [1.165, 1.54) is 24.3 Å². The molecule has 0 fully saturated rings. The topological polar surface area (TPSA) is 12.0 Å². The monoisotopic (exact) mass is 189 g/mol. The maximum atomic E-state index is 3.57. The average Bonchev–Trinajstić information content (AvgIpc) is 1.98. The van der Waals surface area contributed by atoms with Crippen LogP contribution in [-0.4, -0.2) is 23.6 Å². The van der Waals surface area contributed by atoms with Gasteiger partial charge in [0.1, 0.15) is 0 Å². The summed E-state index contributed by atoms with van der Waals surface area (Å²) in [6.07, 6.45) is 2.53. The molecule has 74 valence electrons. The fourth-order valence-corrected chi connectivity index (χ4v) is 1.85. The first-order valence-corrected chi connectivity index (χ1v) is 6.10. The molecule has 0 rings (SSSR count). The Morgan fingerprint density at radius 1 is 1.25 bits per heavy atom. The maximum absolute atomic E-state index is 3.57. The predicted molar refractivity (Wildman–Crippen MR) is 60.0 cm³/mol. The first-order chi connectivity index (χ1) is 5.62. The Hall–Kier alpha value is 0.310. The summed E-state index contributed by atoms with van der Waals surface area (Å²) >= 11 is 2.00. The summed E-state index contributed by atoms with van der Waals surface area (Å²) in [6, 6.07) is 0. The third-order valence-electron chi connectivity index (χ3n) is 1.93. The number of hydrogen-bond acceptors (Lipinski definition) is 2. The van der Waals surface area contributed by atoms with Crippen molar-refractivity contribution < 1.29 is 0 Å². The molecule has 0 atom stereocenters. The molecule has 0 aliphatic rings. The average molecular weight is 189 g/mol. The van der Waals surface area contributed by atoms with Gasteiger partial charge < -0.3 is 5.32 Å². The van der Waals surface area contributed by atoms with Crippen LogP contribution in [0.25, 0.3) is 0 Å². The Labute approximate surface area is 81.7 Å². The van der Waals surface area contributed by atoms with E-state index < -0.39 is 0 Å². The van der Waals surface area contributed by atoms with E-state index in [4.69, 9.17) is 0 Å². The minimum absolute atomic E-state index is 0.336. The van der Waals surface area contributed by atoms with E-state index in [0.717, 1.165) is 6.54 Å². The first kappa shape index (κ1) is 12.3. The van der Waals surface area contributed by atoms with Crippen molar-refractivity contribution in [1.82, 2.24) is 5.32 Å². The summed E-state index contributed by atoms with van der Waals surface area (Å²) < 4.78 is 0. The highest BCUT2D eigenvalue weighted by molar-refractivity contribution is 7.99. The van der Waals surface area contributed by atoms with Gasteiger partial charge in [-0.15, -0.1) is 0 Å². The number of thioether (sulfide) groups is 1. The van der Waals surface area contributed by atoms with Gasteiger partial charge in [-0.25, -0.2) is 0 Å². The number of nitrogens with one attached hydrogen (secondary N) is 1. The molecule has 0 spiro atoms. The fourth-order valence-electron chi connectivity index (χ4n) is 1.32. The molecule has 1 nitrogen and oxygen atoms in total. The lowest BCUT2D eigenvalue weighted by atomic mass is 9.99. The van der Waals surface area contributed by atoms with Crippen LogP contribution in [0.1, 0.15) is 40.5 Å². The Morgan fingerprint density at radius 2 is 1.92 bits per heavy atom. The molecule has 0 radical (unpaired) electrons. The molecular formula is C10H23NS. The quantitative estimate of drug-likeness (QED) is 0.618. The lowest BCUT2D eigenvalue weighted by molar-refractivity contribution is 0.369. The first-order valence-electron chi connectivity index (χ1n) is 4.95. The highest BCUT2D eigenvalue weighted by atomic mass is 32.2. The molecular weight excluding hydrogens is 166 g/mol. The second-order valence-electron chi connectivity index (χ2n) is 3.76. The van der Waals surface area contributed by atoms with E-state index in [-0.39, 0.29) is 0 Å². The van der Waals surface area contributed by atoms with Crippen molar-refractivity contribution in [2.75, 3.05) is 18.1 Å². The molecule has 2 heteroatoms. The van der Waals surface area contributed by atoms with Crippen molar-refractivity contribution in [3.63, 3.8) is 0 Å². The van der Waals surface area contributed by atoms with Gasteiger partial charge in [-0.05, 0) is 26.0 Å². The molecule has 0 saturated carbocycles. The van der Waals surface area contributed by atoms with Crippen molar-refractivity contribution >= 4 is 11.8 Å². The molecule has 0 aromatic carbocycles. The molecule has 0 unspecified atom stereocenters. The van der Waals surface area contributed by atoms with E-state index in [0.29, 0.717) is 5.54 Å². The van der Waals surface area contributed by atoms with Gasteiger partial charge in [-0.1, -0.05) is 20.3 Å². The summed E-state index contributed by atoms with van der Waals surface area (Å²) in [5.74, 6) is 2.47. The van der Waals surface area contributed by atoms with Crippen LogP contribution in [0.3, 0.4) is 0 Å². The van der Waals surface area contributed by atoms with Gasteiger partial charge in [0, 0.05) is 17.8 Å². The van der Waals surface area contributed by atoms with Crippen LogP contribution in [0.5, 0.6) is 0 Å². The van der Waals surface area contributed by atoms with Crippen LogP contribution in [0.4, 0.5) is 0 Å². The normalized spacial score (nSPS) is 12.0. The Kier molecular flexibility index (Phi) is 6.96. The molecule has 0 aliphatic heterocycles. The molecule has 0 aromatic rings. The Morgan fingerprint density at radius 3 is 2.42 bits per heavy atom. The Bertz CT molecular complexity index is 102. The van der Waals surface area contributed by atoms with Crippen molar-refractivity contribution in [2.24, 2.45) is 0 Å². The molecule has 12 heavy (non-hydrogen) atoms. The van der Waals surface area contributed by atoms with Crippen molar-refractivity contribution in [3.05, 3.63) is 0 Å². The zero-order valence-electron chi connectivity index (χ0n) is 8.94. The summed E-state index contributed by atoms with van der Waals surface area (Å²) in [6.45, 7) is 10.2. The van der Waals surface area contributed by atoms with Crippen molar-refractivity contribution in [3.8, 4) is 0 Å². The highest BCUT2D eigenvalue weighted by Gasteiger charge is 2.13. The number of hydrogen-bond donors (Lipinski definition) is 1. The standard InChI is InChI=1S/C10H23NS/c1-5-7-10(3,4)11-8-9-12-6-2/h11H,5-9H2,1-4H3. The third kappa shape index (κ3) is 6.99. The summed E-state index contributed by atoms with van der Waals surface area (Å²) in [7, 11) is 0. The van der Waals surface area contributed by atoms with E-state index in [1.54, 1.807) is 0 Å². The van der Waals surface area contributed by atoms with Crippen molar-refractivity contribution in [1.29, 1.82) is 0 Å². The number of rotatable bonds is 7. The van der Waals surface area contributed by atoms with Gasteiger partial charge in [0.2, 0.25) is 0 Å². The minimum Gasteiger partial charge on any atom is -0.311 e. The Balaban J connectivity index is 3.33. The van der Waals surface area contributed by atoms with E-state index >= 15 is 0 Å². The van der Waals surface area contributed by atoms with Crippen LogP contribution >= 0.6 is 11.8 Å². The highest BCUT2D eigenvalue weighted by Crippen LogP contribution is 2.10. The molecule has 0 amide bonds. The zero-order chi connectivity index (χ0) is 9.45. The maximum Gasteiger partial charge on any atom is 0.0125 e. The summed E-state index contributed by atoms with van der Waals surface area (Å²) in [5.41, 5.74) is 0.336. The smallest absolute Gasteiger partial charge is 0.0125 e. The summed E-state index contributed by atoms with van der Waals surface area (Å²) in [5, 5.41) is 3.57. The lowest BCUT2D eigenvalue weighted by Crippen LogP contribution is -2.40. The lowest BCUT2D eigenvalue weighted by Gasteiger charge is -2.25. The SMILES string of the molecule is CCCC(C)(C)NCCSCC. The van der Waals surface area contributed by atoms with Gasteiger partial charge in [-0.3, -0.25) is 0 Å². The van der Waals surface area contributed by atoms with Crippen molar-refractivity contribution in [2.45, 2.75) is 46.1 Å². The second-order valence-corrected chi connectivity index (χ2v) is 5.15. The molecule has 0 aromatic heterocycles. The van der Waals surface area contributed by atoms with Gasteiger partial charge >= 0.3 is 0 Å². The second kappa shape index (κ2) is 6.79. The van der Waals surface area contributed by atoms with Crippen LogP contribution in [0.15, 0.2) is 0 Å². The van der Waals surface area contributed by atoms with E-state index in [1.807, 2.05) is 11.8 Å². The van der Waals surface area contributed by atoms with Gasteiger partial charge in [-0.2, -0.15) is 11.8 Å². The largest absolute Gasteiger partial charge is 0.311 e. The van der Waals surface area contributed by atoms with Crippen LogP contribution in [0.2, 0.25) is 0 Å².